The molecule has 0 N–H and O–H groups in total. The van der Waals surface area contributed by atoms with Crippen LogP contribution in [0.5, 0.6) is 0 Å². The Hall–Kier alpha value is -2.44. The number of hydrogen-bond donors (Lipinski definition) is 0. The summed E-state index contributed by atoms with van der Waals surface area (Å²) in [6, 6.07) is 6.92. The zero-order valence-electron chi connectivity index (χ0n) is 15.2. The Bertz CT molecular complexity index is 586. The molecule has 0 aromatic heterocycles. The number of carbonyl (C=O) groups excluding carboxylic acids is 2. The van der Waals surface area contributed by atoms with Crippen LogP contribution in [0.1, 0.15) is 44.7 Å². The van der Waals surface area contributed by atoms with Crippen LogP contribution in [0, 0.1) is 23.0 Å². The predicted octanol–water partition coefficient (Wildman–Crippen LogP) is 2.87. The second kappa shape index (κ2) is 9.15. The van der Waals surface area contributed by atoms with Gasteiger partial charge in [0.05, 0.1) is 18.1 Å². The van der Waals surface area contributed by atoms with Crippen molar-refractivity contribution >= 4 is 11.9 Å². The molecule has 0 fully saturated rings. The Kier molecular flexibility index (Phi) is 7.54. The lowest BCUT2D eigenvalue weighted by molar-refractivity contribution is -0.484. The minimum absolute atomic E-state index is 0.448. The van der Waals surface area contributed by atoms with Gasteiger partial charge in [0.2, 0.25) is 6.54 Å². The number of benzene rings is 1. The summed E-state index contributed by atoms with van der Waals surface area (Å²) >= 11 is 0. The molecule has 0 unspecified atom stereocenters. The van der Waals surface area contributed by atoms with E-state index in [4.69, 9.17) is 9.47 Å². The van der Waals surface area contributed by atoms with Gasteiger partial charge >= 0.3 is 11.9 Å². The lowest BCUT2D eigenvalue weighted by atomic mass is 9.85. The zero-order chi connectivity index (χ0) is 19.1. The molecule has 1 aromatic carbocycles. The fraction of sp³-hybridized carbons (Fsp3) is 0.556. The largest absolute Gasteiger partial charge is 0.462 e. The molecule has 0 aliphatic carbocycles. The Morgan fingerprint density at radius 3 is 1.80 bits per heavy atom. The summed E-state index contributed by atoms with van der Waals surface area (Å²) in [5, 5.41) is 11.1. The maximum absolute atomic E-state index is 12.5. The van der Waals surface area contributed by atoms with Crippen LogP contribution in [-0.4, -0.2) is 35.6 Å². The molecule has 1 atom stereocenters. The third-order valence-electron chi connectivity index (χ3n) is 3.47. The molecule has 7 nitrogen and oxygen atoms in total. The van der Waals surface area contributed by atoms with E-state index < -0.39 is 47.5 Å². The van der Waals surface area contributed by atoms with Crippen LogP contribution >= 0.6 is 0 Å². The fourth-order valence-electron chi connectivity index (χ4n) is 2.41. The molecule has 138 valence electrons. The van der Waals surface area contributed by atoms with E-state index >= 15 is 0 Å². The third kappa shape index (κ3) is 6.52. The maximum Gasteiger partial charge on any atom is 0.321 e. The van der Waals surface area contributed by atoms with Gasteiger partial charge in [0.15, 0.2) is 5.92 Å². The summed E-state index contributed by atoms with van der Waals surface area (Å²) in [5.74, 6) is -3.98. The quantitative estimate of drug-likeness (QED) is 0.309. The summed E-state index contributed by atoms with van der Waals surface area (Å²) in [6.07, 6.45) is -0.896. The minimum atomic E-state index is -1.39. The third-order valence-corrected chi connectivity index (χ3v) is 3.47. The number of aryl methyl sites for hydroxylation is 1. The number of nitro groups is 1. The first kappa shape index (κ1) is 20.6. The molecule has 0 radical (unpaired) electrons. The van der Waals surface area contributed by atoms with E-state index in [-0.39, 0.29) is 0 Å². The first-order valence-corrected chi connectivity index (χ1v) is 8.21. The number of hydrogen-bond acceptors (Lipinski definition) is 6. The van der Waals surface area contributed by atoms with Crippen LogP contribution in [0.3, 0.4) is 0 Å². The molecule has 7 heteroatoms. The summed E-state index contributed by atoms with van der Waals surface area (Å²) in [6.45, 7) is 7.90. The van der Waals surface area contributed by atoms with Gasteiger partial charge in [0, 0.05) is 4.92 Å². The van der Waals surface area contributed by atoms with Crippen LogP contribution in [0.4, 0.5) is 0 Å². The molecule has 0 saturated carbocycles. The van der Waals surface area contributed by atoms with E-state index in [0.29, 0.717) is 5.56 Å². The van der Waals surface area contributed by atoms with E-state index in [1.54, 1.807) is 52.0 Å². The van der Waals surface area contributed by atoms with Crippen LogP contribution in [-0.2, 0) is 19.1 Å². The highest BCUT2D eigenvalue weighted by molar-refractivity contribution is 5.96. The maximum atomic E-state index is 12.5. The number of rotatable bonds is 8. The molecule has 0 heterocycles. The Morgan fingerprint density at radius 2 is 1.44 bits per heavy atom. The van der Waals surface area contributed by atoms with E-state index in [1.807, 2.05) is 6.92 Å². The second-order valence-electron chi connectivity index (χ2n) is 6.48. The van der Waals surface area contributed by atoms with Crippen molar-refractivity contribution in [2.24, 2.45) is 5.92 Å². The second-order valence-corrected chi connectivity index (χ2v) is 6.48. The molecule has 1 rings (SSSR count). The van der Waals surface area contributed by atoms with Crippen molar-refractivity contribution in [3.8, 4) is 0 Å². The topological polar surface area (TPSA) is 95.7 Å². The average Bonchev–Trinajstić information content (AvgIpc) is 2.45. The van der Waals surface area contributed by atoms with Crippen molar-refractivity contribution in [3.63, 3.8) is 0 Å². The Labute approximate surface area is 147 Å². The summed E-state index contributed by atoms with van der Waals surface area (Å²) in [5.41, 5.74) is 1.49. The predicted molar refractivity (Wildman–Crippen MR) is 91.7 cm³/mol. The molecule has 25 heavy (non-hydrogen) atoms. The monoisotopic (exact) mass is 351 g/mol. The SMILES string of the molecule is Cc1ccc([C@@H](C[N+](=O)[O-])C(C(=O)OC(C)C)C(=O)OC(C)C)cc1. The highest BCUT2D eigenvalue weighted by Crippen LogP contribution is 2.29. The van der Waals surface area contributed by atoms with Crippen LogP contribution in [0.2, 0.25) is 0 Å². The lowest BCUT2D eigenvalue weighted by Crippen LogP contribution is -2.38. The van der Waals surface area contributed by atoms with Gasteiger partial charge in [-0.05, 0) is 40.2 Å². The van der Waals surface area contributed by atoms with Crippen molar-refractivity contribution < 1.29 is 24.0 Å². The Morgan fingerprint density at radius 1 is 1.00 bits per heavy atom. The Balaban J connectivity index is 3.30. The molecule has 0 spiro atoms. The molecule has 0 saturated heterocycles. The van der Waals surface area contributed by atoms with Crippen molar-refractivity contribution in [3.05, 3.63) is 45.5 Å². The van der Waals surface area contributed by atoms with E-state index in [0.717, 1.165) is 5.56 Å². The summed E-state index contributed by atoms with van der Waals surface area (Å²) < 4.78 is 10.3. The summed E-state index contributed by atoms with van der Waals surface area (Å²) in [7, 11) is 0. The van der Waals surface area contributed by atoms with Crippen molar-refractivity contribution in [1.29, 1.82) is 0 Å². The molecule has 1 aromatic rings. The summed E-state index contributed by atoms with van der Waals surface area (Å²) in [4.78, 5) is 35.6. The smallest absolute Gasteiger partial charge is 0.321 e. The highest BCUT2D eigenvalue weighted by Gasteiger charge is 2.42. The van der Waals surface area contributed by atoms with Crippen molar-refractivity contribution in [2.75, 3.05) is 6.54 Å². The van der Waals surface area contributed by atoms with E-state index in [2.05, 4.69) is 0 Å². The number of ether oxygens (including phenoxy) is 2. The average molecular weight is 351 g/mol. The number of carbonyl (C=O) groups is 2. The zero-order valence-corrected chi connectivity index (χ0v) is 15.2. The van der Waals surface area contributed by atoms with Gasteiger partial charge < -0.3 is 9.47 Å². The van der Waals surface area contributed by atoms with Gasteiger partial charge in [-0.2, -0.15) is 0 Å². The van der Waals surface area contributed by atoms with Gasteiger partial charge in [0.1, 0.15) is 0 Å². The highest BCUT2D eigenvalue weighted by atomic mass is 16.6. The lowest BCUT2D eigenvalue weighted by Gasteiger charge is -2.24. The van der Waals surface area contributed by atoms with Crippen molar-refractivity contribution in [1.82, 2.24) is 0 Å². The van der Waals surface area contributed by atoms with Crippen molar-refractivity contribution in [2.45, 2.75) is 52.7 Å². The molecule has 0 amide bonds. The molecule has 0 bridgehead atoms. The van der Waals surface area contributed by atoms with E-state index in [9.17, 15) is 19.7 Å². The van der Waals surface area contributed by atoms with Gasteiger partial charge in [-0.1, -0.05) is 29.8 Å². The molecular weight excluding hydrogens is 326 g/mol. The number of nitrogens with zero attached hydrogens (tertiary/aromatic N) is 1. The molecule has 0 aliphatic rings. The van der Waals surface area contributed by atoms with Gasteiger partial charge in [-0.25, -0.2) is 0 Å². The molecule has 0 aliphatic heterocycles. The fourth-order valence-corrected chi connectivity index (χ4v) is 2.41. The van der Waals surface area contributed by atoms with E-state index in [1.165, 1.54) is 0 Å². The first-order valence-electron chi connectivity index (χ1n) is 8.21. The van der Waals surface area contributed by atoms with Gasteiger partial charge in [-0.3, -0.25) is 19.7 Å². The van der Waals surface area contributed by atoms with Gasteiger partial charge in [0.25, 0.3) is 0 Å². The standard InChI is InChI=1S/C18H25NO6/c1-11(2)24-17(20)16(18(21)25-12(3)4)15(10-19(22)23)14-8-6-13(5)7-9-14/h6-9,11-12,15-16H,10H2,1-5H3/t15-/m1/s1. The minimum Gasteiger partial charge on any atom is -0.462 e. The first-order chi connectivity index (χ1) is 11.6. The van der Waals surface area contributed by atoms with Crippen LogP contribution in [0.25, 0.3) is 0 Å². The molecular formula is C18H25NO6. The van der Waals surface area contributed by atoms with Crippen LogP contribution in [0.15, 0.2) is 24.3 Å². The van der Waals surface area contributed by atoms with Gasteiger partial charge in [-0.15, -0.1) is 0 Å². The van der Waals surface area contributed by atoms with Crippen LogP contribution < -0.4 is 0 Å². The number of esters is 2. The normalized spacial score (nSPS) is 12.3.